The first-order valence-corrected chi connectivity index (χ1v) is 18.1. The Hall–Kier alpha value is -6.76. The minimum atomic E-state index is 0.656. The molecule has 0 N–H and O–H groups in total. The van der Waals surface area contributed by atoms with Gasteiger partial charge in [0.1, 0.15) is 5.82 Å². The number of hydrogen-bond acceptors (Lipinski definition) is 5. The molecule has 0 spiro atoms. The molecular weight excluding hydrogens is 655 g/mol. The molecule has 6 aromatic carbocycles. The number of para-hydroxylation sites is 1. The summed E-state index contributed by atoms with van der Waals surface area (Å²) in [5.74, 6) is 1.54. The van der Waals surface area contributed by atoms with Crippen LogP contribution in [0.3, 0.4) is 0 Å². The molecule has 6 heteroatoms. The molecule has 0 bridgehead atoms. The van der Waals surface area contributed by atoms with E-state index in [4.69, 9.17) is 19.9 Å². The summed E-state index contributed by atoms with van der Waals surface area (Å²) in [7, 11) is 0. The highest BCUT2D eigenvalue weighted by Gasteiger charge is 2.19. The maximum Gasteiger partial charge on any atom is 0.162 e. The van der Waals surface area contributed by atoms with Crippen molar-refractivity contribution in [2.24, 2.45) is 0 Å². The third-order valence-electron chi connectivity index (χ3n) is 10.1. The van der Waals surface area contributed by atoms with Crippen molar-refractivity contribution in [1.82, 2.24) is 24.5 Å². The van der Waals surface area contributed by atoms with Gasteiger partial charge in [-0.05, 0) is 59.3 Å². The number of pyridine rings is 2. The van der Waals surface area contributed by atoms with Crippen LogP contribution in [-0.4, -0.2) is 24.5 Å². The zero-order valence-electron chi connectivity index (χ0n) is 27.7. The minimum Gasteiger partial charge on any atom is -0.294 e. The fourth-order valence-electron chi connectivity index (χ4n) is 7.69. The Kier molecular flexibility index (Phi) is 6.35. The van der Waals surface area contributed by atoms with Crippen LogP contribution < -0.4 is 0 Å². The summed E-state index contributed by atoms with van der Waals surface area (Å²) >= 11 is 1.83. The summed E-state index contributed by atoms with van der Waals surface area (Å²) in [4.78, 5) is 20.2. The highest BCUT2D eigenvalue weighted by atomic mass is 32.1. The lowest BCUT2D eigenvalue weighted by molar-refractivity contribution is 1.08. The second-order valence-electron chi connectivity index (χ2n) is 13.1. The summed E-state index contributed by atoms with van der Waals surface area (Å²) in [5.41, 5.74) is 7.93. The number of aromatic nitrogens is 5. The van der Waals surface area contributed by atoms with Crippen LogP contribution in [0.15, 0.2) is 164 Å². The van der Waals surface area contributed by atoms with E-state index >= 15 is 0 Å². The average Bonchev–Trinajstić information content (AvgIpc) is 3.77. The van der Waals surface area contributed by atoms with Crippen LogP contribution in [0.1, 0.15) is 0 Å². The molecule has 11 aromatic rings. The van der Waals surface area contributed by atoms with Crippen LogP contribution in [0.2, 0.25) is 0 Å². The molecule has 11 rings (SSSR count). The van der Waals surface area contributed by atoms with Gasteiger partial charge in [-0.1, -0.05) is 103 Å². The summed E-state index contributed by atoms with van der Waals surface area (Å²) in [5, 5.41) is 8.32. The first-order valence-electron chi connectivity index (χ1n) is 17.3. The Morgan fingerprint density at radius 1 is 0.500 bits per heavy atom. The molecule has 0 aliphatic rings. The van der Waals surface area contributed by atoms with Crippen LogP contribution in [0.5, 0.6) is 0 Å². The molecule has 0 aliphatic carbocycles. The van der Waals surface area contributed by atoms with Crippen LogP contribution in [0.25, 0.3) is 103 Å². The number of benzene rings is 6. The normalized spacial score (nSPS) is 11.8. The SMILES string of the molecule is c1ccc(-c2nc(-c3ccc(-c4ccc5c6ccccc6n(-c6ccccn6)c5c4)nc3)nc3c2ccc2sc4c5ccccc5ccc4c23)cc1. The fraction of sp³-hybridized carbons (Fsp3) is 0. The molecule has 242 valence electrons. The number of thiophene rings is 1. The molecular formula is C46H27N5S. The standard InChI is InChI=1S/C46H27N5S/c1-2-11-29(12-3-1)43-36-22-24-40-42(35-21-17-28-10-4-5-13-32(28)45(35)52-40)44(36)50-46(49-43)31-19-23-37(48-27-31)30-18-20-34-33-14-6-7-15-38(33)51(39(34)26-30)41-16-8-9-25-47-41/h1-27H. The molecule has 0 radical (unpaired) electrons. The molecule has 0 fully saturated rings. The fourth-order valence-corrected chi connectivity index (χ4v) is 8.93. The van der Waals surface area contributed by atoms with Crippen molar-refractivity contribution >= 4 is 75.0 Å². The van der Waals surface area contributed by atoms with E-state index in [1.807, 2.05) is 48.0 Å². The lowest BCUT2D eigenvalue weighted by atomic mass is 10.0. The van der Waals surface area contributed by atoms with Crippen molar-refractivity contribution in [3.63, 3.8) is 0 Å². The number of fused-ring (bicyclic) bond motifs is 10. The highest BCUT2D eigenvalue weighted by Crippen LogP contribution is 2.43. The van der Waals surface area contributed by atoms with Crippen molar-refractivity contribution < 1.29 is 0 Å². The van der Waals surface area contributed by atoms with E-state index in [-0.39, 0.29) is 0 Å². The number of nitrogens with zero attached hydrogens (tertiary/aromatic N) is 5. The predicted octanol–water partition coefficient (Wildman–Crippen LogP) is 12.0. The van der Waals surface area contributed by atoms with Gasteiger partial charge >= 0.3 is 0 Å². The Balaban J connectivity index is 1.09. The van der Waals surface area contributed by atoms with E-state index < -0.39 is 0 Å². The van der Waals surface area contributed by atoms with Gasteiger partial charge in [-0.15, -0.1) is 11.3 Å². The quantitative estimate of drug-likeness (QED) is 0.185. The molecule has 0 saturated heterocycles. The zero-order chi connectivity index (χ0) is 34.2. The molecule has 5 nitrogen and oxygen atoms in total. The third kappa shape index (κ3) is 4.41. The highest BCUT2D eigenvalue weighted by molar-refractivity contribution is 7.26. The van der Waals surface area contributed by atoms with E-state index in [0.29, 0.717) is 5.82 Å². The lowest BCUT2D eigenvalue weighted by Crippen LogP contribution is -1.97. The van der Waals surface area contributed by atoms with Gasteiger partial charge in [0, 0.05) is 65.4 Å². The van der Waals surface area contributed by atoms with Crippen molar-refractivity contribution in [2.75, 3.05) is 0 Å². The summed E-state index contributed by atoms with van der Waals surface area (Å²) in [6.07, 6.45) is 3.75. The smallest absolute Gasteiger partial charge is 0.162 e. The van der Waals surface area contributed by atoms with Gasteiger partial charge in [0.05, 0.1) is 27.9 Å². The molecule has 0 saturated carbocycles. The minimum absolute atomic E-state index is 0.656. The number of rotatable bonds is 4. The van der Waals surface area contributed by atoms with Gasteiger partial charge in [-0.3, -0.25) is 9.55 Å². The van der Waals surface area contributed by atoms with Crippen LogP contribution in [0.4, 0.5) is 0 Å². The summed E-state index contributed by atoms with van der Waals surface area (Å²) in [6.45, 7) is 0. The first kappa shape index (κ1) is 29.0. The predicted molar refractivity (Wildman–Crippen MR) is 216 cm³/mol. The topological polar surface area (TPSA) is 56.5 Å². The molecule has 5 aromatic heterocycles. The molecule has 5 heterocycles. The van der Waals surface area contributed by atoms with Crippen molar-refractivity contribution in [3.8, 4) is 39.7 Å². The summed E-state index contributed by atoms with van der Waals surface area (Å²) in [6, 6.07) is 53.2. The maximum absolute atomic E-state index is 5.32. The van der Waals surface area contributed by atoms with Gasteiger partial charge in [0.25, 0.3) is 0 Å². The third-order valence-corrected chi connectivity index (χ3v) is 11.3. The molecule has 0 unspecified atom stereocenters. The van der Waals surface area contributed by atoms with E-state index in [1.54, 1.807) is 0 Å². The molecule has 52 heavy (non-hydrogen) atoms. The Morgan fingerprint density at radius 2 is 1.27 bits per heavy atom. The van der Waals surface area contributed by atoms with Crippen LogP contribution >= 0.6 is 11.3 Å². The Morgan fingerprint density at radius 3 is 2.13 bits per heavy atom. The molecule has 0 amide bonds. The zero-order valence-corrected chi connectivity index (χ0v) is 28.5. The maximum atomic E-state index is 5.32. The van der Waals surface area contributed by atoms with Crippen molar-refractivity contribution in [1.29, 1.82) is 0 Å². The van der Waals surface area contributed by atoms with Crippen LogP contribution in [-0.2, 0) is 0 Å². The monoisotopic (exact) mass is 681 g/mol. The van der Waals surface area contributed by atoms with Gasteiger partial charge in [0.2, 0.25) is 0 Å². The van der Waals surface area contributed by atoms with Gasteiger partial charge < -0.3 is 0 Å². The molecule has 0 atom stereocenters. The Bertz CT molecular complexity index is 3170. The van der Waals surface area contributed by atoms with Crippen LogP contribution in [0, 0.1) is 0 Å². The average molecular weight is 682 g/mol. The van der Waals surface area contributed by atoms with Gasteiger partial charge in [-0.2, -0.15) is 0 Å². The van der Waals surface area contributed by atoms with E-state index in [1.165, 1.54) is 41.7 Å². The first-order chi connectivity index (χ1) is 25.8. The van der Waals surface area contributed by atoms with Crippen molar-refractivity contribution in [2.45, 2.75) is 0 Å². The van der Waals surface area contributed by atoms with Gasteiger partial charge in [0.15, 0.2) is 5.82 Å². The summed E-state index contributed by atoms with van der Waals surface area (Å²) < 4.78 is 4.73. The number of hydrogen-bond donors (Lipinski definition) is 0. The largest absolute Gasteiger partial charge is 0.294 e. The lowest BCUT2D eigenvalue weighted by Gasteiger charge is -2.11. The van der Waals surface area contributed by atoms with Gasteiger partial charge in [-0.25, -0.2) is 15.0 Å². The second-order valence-corrected chi connectivity index (χ2v) is 14.1. The molecule has 0 aliphatic heterocycles. The van der Waals surface area contributed by atoms with E-state index in [9.17, 15) is 0 Å². The Labute approximate surface area is 302 Å². The van der Waals surface area contributed by atoms with E-state index in [2.05, 4.69) is 132 Å². The van der Waals surface area contributed by atoms with E-state index in [0.717, 1.165) is 55.8 Å². The van der Waals surface area contributed by atoms with Crippen molar-refractivity contribution in [3.05, 3.63) is 164 Å². The second kappa shape index (κ2) is 11.4.